The zero-order chi connectivity index (χ0) is 19.7. The number of hydrogen-bond donors (Lipinski definition) is 1. The Morgan fingerprint density at radius 3 is 2.89 bits per heavy atom. The Hall–Kier alpha value is -3.46. The Labute approximate surface area is 164 Å². The van der Waals surface area contributed by atoms with E-state index >= 15 is 0 Å². The summed E-state index contributed by atoms with van der Waals surface area (Å²) in [6, 6.07) is 11.7. The van der Waals surface area contributed by atoms with Crippen LogP contribution in [0.15, 0.2) is 54.0 Å². The lowest BCUT2D eigenvalue weighted by molar-refractivity contribution is -0.384. The van der Waals surface area contributed by atoms with E-state index in [2.05, 4.69) is 10.3 Å². The molecule has 1 aromatic carbocycles. The Morgan fingerprint density at radius 1 is 1.32 bits per heavy atom. The Balaban J connectivity index is 1.71. The van der Waals surface area contributed by atoms with Gasteiger partial charge in [0.15, 0.2) is 0 Å². The second-order valence-electron chi connectivity index (χ2n) is 6.14. The number of carbonyl (C=O) groups is 1. The highest BCUT2D eigenvalue weighted by Crippen LogP contribution is 2.38. The second-order valence-corrected chi connectivity index (χ2v) is 7.17. The number of anilines is 1. The number of thiophene rings is 1. The first-order valence-electron chi connectivity index (χ1n) is 8.45. The number of nitro groups is 1. The van der Waals surface area contributed by atoms with Gasteiger partial charge in [-0.3, -0.25) is 19.9 Å². The number of pyridine rings is 1. The molecule has 0 saturated heterocycles. The van der Waals surface area contributed by atoms with Gasteiger partial charge in [0.2, 0.25) is 0 Å². The number of non-ortho nitro benzene ring substituents is 1. The molecule has 28 heavy (non-hydrogen) atoms. The van der Waals surface area contributed by atoms with Crippen molar-refractivity contribution in [3.8, 4) is 5.75 Å². The van der Waals surface area contributed by atoms with E-state index in [1.165, 1.54) is 19.2 Å². The minimum absolute atomic E-state index is 0.0705. The van der Waals surface area contributed by atoms with Crippen molar-refractivity contribution in [2.24, 2.45) is 0 Å². The predicted octanol–water partition coefficient (Wildman–Crippen LogP) is 3.83. The quantitative estimate of drug-likeness (QED) is 0.502. The van der Waals surface area contributed by atoms with Gasteiger partial charge in [0.1, 0.15) is 11.9 Å². The lowest BCUT2D eigenvalue weighted by atomic mass is 10.2. The number of nitrogens with zero attached hydrogens (tertiary/aromatic N) is 3. The van der Waals surface area contributed by atoms with E-state index in [4.69, 9.17) is 4.74 Å². The van der Waals surface area contributed by atoms with E-state index in [1.54, 1.807) is 40.6 Å². The molecule has 1 atom stereocenters. The molecule has 1 unspecified atom stereocenters. The standard InChI is InChI=1S/C19H16N4O4S/c1-27-16-10-12(23(25)26)6-7-15(16)21-18-17-14(5-2-8-20-17)19(24)22(18)11-13-4-3-9-28-13/h2-10,18,21H,11H2,1H3. The molecule has 1 aliphatic heterocycles. The van der Waals surface area contributed by atoms with Crippen LogP contribution in [0.4, 0.5) is 11.4 Å². The number of benzene rings is 1. The summed E-state index contributed by atoms with van der Waals surface area (Å²) in [5.74, 6) is 0.206. The van der Waals surface area contributed by atoms with Crippen LogP contribution in [0.25, 0.3) is 0 Å². The summed E-state index contributed by atoms with van der Waals surface area (Å²) in [5.41, 5.74) is 1.63. The number of ether oxygens (including phenoxy) is 1. The van der Waals surface area contributed by atoms with Crippen LogP contribution in [0, 0.1) is 10.1 Å². The topological polar surface area (TPSA) is 97.6 Å². The molecule has 9 heteroatoms. The van der Waals surface area contributed by atoms with Crippen molar-refractivity contribution >= 4 is 28.6 Å². The molecule has 1 N–H and O–H groups in total. The number of hydrogen-bond acceptors (Lipinski definition) is 7. The summed E-state index contributed by atoms with van der Waals surface area (Å²) in [4.78, 5) is 30.6. The van der Waals surface area contributed by atoms with E-state index in [-0.39, 0.29) is 11.6 Å². The zero-order valence-electron chi connectivity index (χ0n) is 14.9. The maximum absolute atomic E-state index is 13.0. The summed E-state index contributed by atoms with van der Waals surface area (Å²) < 4.78 is 5.31. The van der Waals surface area contributed by atoms with Crippen molar-refractivity contribution in [2.45, 2.75) is 12.7 Å². The maximum atomic E-state index is 13.0. The molecule has 8 nitrogen and oxygen atoms in total. The van der Waals surface area contributed by atoms with E-state index in [0.29, 0.717) is 29.2 Å². The van der Waals surface area contributed by atoms with Gasteiger partial charge in [0, 0.05) is 17.1 Å². The summed E-state index contributed by atoms with van der Waals surface area (Å²) in [7, 11) is 1.44. The highest BCUT2D eigenvalue weighted by atomic mass is 32.1. The average Bonchev–Trinajstić information content (AvgIpc) is 3.31. The largest absolute Gasteiger partial charge is 0.494 e. The molecule has 0 fully saturated rings. The summed E-state index contributed by atoms with van der Waals surface area (Å²) in [6.45, 7) is 0.430. The minimum atomic E-state index is -0.513. The fraction of sp³-hybridized carbons (Fsp3) is 0.158. The zero-order valence-corrected chi connectivity index (χ0v) is 15.7. The van der Waals surface area contributed by atoms with Crippen LogP contribution in [-0.2, 0) is 6.54 Å². The van der Waals surface area contributed by atoms with Crippen molar-refractivity contribution < 1.29 is 14.5 Å². The summed E-state index contributed by atoms with van der Waals surface area (Å²) in [5, 5.41) is 16.3. The third-order valence-corrected chi connectivity index (χ3v) is 5.36. The molecule has 1 aliphatic rings. The minimum Gasteiger partial charge on any atom is -0.494 e. The third kappa shape index (κ3) is 3.16. The molecule has 0 spiro atoms. The second kappa shape index (κ2) is 7.28. The fourth-order valence-electron chi connectivity index (χ4n) is 3.18. The first-order chi connectivity index (χ1) is 13.6. The van der Waals surface area contributed by atoms with Gasteiger partial charge < -0.3 is 15.0 Å². The molecular weight excluding hydrogens is 380 g/mol. The first-order valence-corrected chi connectivity index (χ1v) is 9.33. The Kier molecular flexibility index (Phi) is 4.66. The average molecular weight is 396 g/mol. The smallest absolute Gasteiger partial charge is 0.273 e. The molecule has 4 rings (SSSR count). The molecule has 0 bridgehead atoms. The van der Waals surface area contributed by atoms with Crippen LogP contribution in [-0.4, -0.2) is 27.8 Å². The maximum Gasteiger partial charge on any atom is 0.273 e. The fourth-order valence-corrected chi connectivity index (χ4v) is 3.88. The highest BCUT2D eigenvalue weighted by molar-refractivity contribution is 7.09. The van der Waals surface area contributed by atoms with E-state index in [1.807, 2.05) is 17.5 Å². The molecule has 1 amide bonds. The SMILES string of the molecule is COc1cc([N+](=O)[O-])ccc1NC1c2ncccc2C(=O)N1Cc1cccs1. The van der Waals surface area contributed by atoms with Gasteiger partial charge in [-0.15, -0.1) is 11.3 Å². The van der Waals surface area contributed by atoms with Crippen molar-refractivity contribution in [1.82, 2.24) is 9.88 Å². The van der Waals surface area contributed by atoms with E-state index < -0.39 is 11.1 Å². The van der Waals surface area contributed by atoms with Gasteiger partial charge >= 0.3 is 0 Å². The monoisotopic (exact) mass is 396 g/mol. The van der Waals surface area contributed by atoms with Crippen LogP contribution < -0.4 is 10.1 Å². The Morgan fingerprint density at radius 2 is 2.18 bits per heavy atom. The van der Waals surface area contributed by atoms with Gasteiger partial charge in [-0.1, -0.05) is 6.07 Å². The first kappa shape index (κ1) is 17.9. The summed E-state index contributed by atoms with van der Waals surface area (Å²) >= 11 is 1.57. The van der Waals surface area contributed by atoms with Gasteiger partial charge in [-0.05, 0) is 29.6 Å². The molecule has 2 aromatic heterocycles. The van der Waals surface area contributed by atoms with Gasteiger partial charge in [0.05, 0.1) is 41.6 Å². The predicted molar refractivity (Wildman–Crippen MR) is 104 cm³/mol. The Bertz CT molecular complexity index is 1040. The number of nitro benzene ring substituents is 1. The molecule has 3 heterocycles. The molecule has 0 saturated carbocycles. The number of rotatable bonds is 6. The van der Waals surface area contributed by atoms with Crippen LogP contribution in [0.5, 0.6) is 5.75 Å². The number of fused-ring (bicyclic) bond motifs is 1. The van der Waals surface area contributed by atoms with Crippen molar-refractivity contribution in [3.05, 3.63) is 80.3 Å². The molecule has 142 valence electrons. The number of methoxy groups -OCH3 is 1. The van der Waals surface area contributed by atoms with Gasteiger partial charge in [-0.25, -0.2) is 0 Å². The van der Waals surface area contributed by atoms with Crippen molar-refractivity contribution in [2.75, 3.05) is 12.4 Å². The number of aromatic nitrogens is 1. The van der Waals surface area contributed by atoms with Crippen LogP contribution >= 0.6 is 11.3 Å². The lowest BCUT2D eigenvalue weighted by Crippen LogP contribution is -2.31. The molecular formula is C19H16N4O4S. The normalized spacial score (nSPS) is 15.4. The van der Waals surface area contributed by atoms with Gasteiger partial charge in [-0.2, -0.15) is 0 Å². The van der Waals surface area contributed by atoms with Crippen LogP contribution in [0.3, 0.4) is 0 Å². The molecule has 0 aliphatic carbocycles. The third-order valence-electron chi connectivity index (χ3n) is 4.49. The van der Waals surface area contributed by atoms with Crippen molar-refractivity contribution in [3.63, 3.8) is 0 Å². The number of amides is 1. The van der Waals surface area contributed by atoms with Crippen LogP contribution in [0.1, 0.15) is 27.1 Å². The van der Waals surface area contributed by atoms with Gasteiger partial charge in [0.25, 0.3) is 11.6 Å². The van der Waals surface area contributed by atoms with E-state index in [0.717, 1.165) is 4.88 Å². The van der Waals surface area contributed by atoms with Crippen molar-refractivity contribution in [1.29, 1.82) is 0 Å². The lowest BCUT2D eigenvalue weighted by Gasteiger charge is -2.26. The van der Waals surface area contributed by atoms with E-state index in [9.17, 15) is 14.9 Å². The highest BCUT2D eigenvalue weighted by Gasteiger charge is 2.38. The summed E-state index contributed by atoms with van der Waals surface area (Å²) in [6.07, 6.45) is 1.13. The number of carbonyl (C=O) groups excluding carboxylic acids is 1. The molecule has 3 aromatic rings. The number of nitrogens with one attached hydrogen (secondary N) is 1. The van der Waals surface area contributed by atoms with Crippen LogP contribution in [0.2, 0.25) is 0 Å². The molecule has 0 radical (unpaired) electrons.